The molecule has 0 bridgehead atoms. The highest BCUT2D eigenvalue weighted by Gasteiger charge is 2.20. The molecule has 0 N–H and O–H groups in total. The average Bonchev–Trinajstić information content (AvgIpc) is 2.43. The fourth-order valence-electron chi connectivity index (χ4n) is 2.62. The Morgan fingerprint density at radius 2 is 1.85 bits per heavy atom. The highest BCUT2D eigenvalue weighted by Crippen LogP contribution is 2.24. The van der Waals surface area contributed by atoms with Crippen molar-refractivity contribution in [1.82, 2.24) is 0 Å². The van der Waals surface area contributed by atoms with Crippen LogP contribution in [0.3, 0.4) is 0 Å². The van der Waals surface area contributed by atoms with Crippen LogP contribution in [0.15, 0.2) is 53.8 Å². The Kier molecular flexibility index (Phi) is 5.00. The summed E-state index contributed by atoms with van der Waals surface area (Å²) in [5, 5.41) is 1.48. The average molecular weight is 286 g/mol. The smallest absolute Gasteiger partial charge is 0.104 e. The summed E-state index contributed by atoms with van der Waals surface area (Å²) in [6.07, 6.45) is 5.97. The second-order valence-electron chi connectivity index (χ2n) is 6.47. The zero-order valence-corrected chi connectivity index (χ0v) is 14.1. The van der Waals surface area contributed by atoms with Crippen molar-refractivity contribution in [3.8, 4) is 0 Å². The van der Waals surface area contributed by atoms with E-state index < -0.39 is 8.07 Å². The summed E-state index contributed by atoms with van der Waals surface area (Å²) < 4.78 is 5.78. The lowest BCUT2D eigenvalue weighted by Gasteiger charge is -2.27. The van der Waals surface area contributed by atoms with Crippen molar-refractivity contribution in [2.45, 2.75) is 39.5 Å². The first-order chi connectivity index (χ1) is 9.49. The standard InChI is InChI=1S/C18H26OSi/c1-15-13-17(16(2)19-14-15)9-8-12-20(3,4)18-10-6-5-7-11-18/h5-12,15-16H,13-14H2,1-4H3/b12-8+,17-9+/t15-,16-/m1/s1. The first-order valence-corrected chi connectivity index (χ1v) is 10.6. The van der Waals surface area contributed by atoms with Crippen molar-refractivity contribution in [1.29, 1.82) is 0 Å². The summed E-state index contributed by atoms with van der Waals surface area (Å²) in [6.45, 7) is 10.1. The molecule has 0 unspecified atom stereocenters. The van der Waals surface area contributed by atoms with E-state index in [1.807, 2.05) is 0 Å². The summed E-state index contributed by atoms with van der Waals surface area (Å²) >= 11 is 0. The van der Waals surface area contributed by atoms with E-state index in [0.29, 0.717) is 5.92 Å². The minimum Gasteiger partial charge on any atom is -0.374 e. The Morgan fingerprint density at radius 3 is 2.55 bits per heavy atom. The number of benzene rings is 1. The normalized spacial score (nSPS) is 26.3. The van der Waals surface area contributed by atoms with Gasteiger partial charge in [0, 0.05) is 0 Å². The molecule has 1 aliphatic rings. The van der Waals surface area contributed by atoms with Crippen LogP contribution in [0.1, 0.15) is 20.3 Å². The molecular weight excluding hydrogens is 260 g/mol. The third kappa shape index (κ3) is 3.94. The van der Waals surface area contributed by atoms with E-state index in [0.717, 1.165) is 6.61 Å². The van der Waals surface area contributed by atoms with Gasteiger partial charge >= 0.3 is 0 Å². The van der Waals surface area contributed by atoms with Gasteiger partial charge in [0.2, 0.25) is 0 Å². The van der Waals surface area contributed by atoms with E-state index in [1.54, 1.807) is 0 Å². The SMILES string of the molecule is C[C@H]1CO[C@H](C)/C(=C/C=C/[Si](C)(C)c2ccccc2)C1. The molecule has 2 atom stereocenters. The minimum absolute atomic E-state index is 0.275. The molecule has 20 heavy (non-hydrogen) atoms. The zero-order chi connectivity index (χ0) is 14.6. The molecule has 1 nitrogen and oxygen atoms in total. The first kappa shape index (κ1) is 15.3. The molecule has 2 rings (SSSR count). The van der Waals surface area contributed by atoms with Crippen LogP contribution in [-0.4, -0.2) is 20.8 Å². The van der Waals surface area contributed by atoms with E-state index in [4.69, 9.17) is 4.74 Å². The van der Waals surface area contributed by atoms with Gasteiger partial charge in [0.25, 0.3) is 0 Å². The summed E-state index contributed by atoms with van der Waals surface area (Å²) in [5.41, 5.74) is 3.85. The summed E-state index contributed by atoms with van der Waals surface area (Å²) in [5.74, 6) is 0.644. The van der Waals surface area contributed by atoms with Gasteiger partial charge in [-0.1, -0.05) is 73.4 Å². The molecule has 1 saturated heterocycles. The monoisotopic (exact) mass is 286 g/mol. The van der Waals surface area contributed by atoms with Crippen molar-refractivity contribution < 1.29 is 4.74 Å². The van der Waals surface area contributed by atoms with Crippen molar-refractivity contribution in [2.75, 3.05) is 6.61 Å². The van der Waals surface area contributed by atoms with Gasteiger partial charge in [0.1, 0.15) is 8.07 Å². The first-order valence-electron chi connectivity index (χ1n) is 7.54. The maximum absolute atomic E-state index is 5.78. The van der Waals surface area contributed by atoms with Crippen LogP contribution in [0.2, 0.25) is 13.1 Å². The van der Waals surface area contributed by atoms with Crippen LogP contribution >= 0.6 is 0 Å². The van der Waals surface area contributed by atoms with Crippen LogP contribution in [0.25, 0.3) is 0 Å². The minimum atomic E-state index is -1.47. The molecule has 0 amide bonds. The van der Waals surface area contributed by atoms with Gasteiger partial charge in [-0.3, -0.25) is 0 Å². The lowest BCUT2D eigenvalue weighted by Crippen LogP contribution is -2.39. The Bertz CT molecular complexity index is 487. The van der Waals surface area contributed by atoms with Gasteiger partial charge in [0.15, 0.2) is 0 Å². The van der Waals surface area contributed by atoms with Gasteiger partial charge < -0.3 is 4.74 Å². The van der Waals surface area contributed by atoms with E-state index in [2.05, 4.69) is 75.1 Å². The highest BCUT2D eigenvalue weighted by molar-refractivity contribution is 6.93. The molecule has 0 saturated carbocycles. The molecule has 1 fully saturated rings. The summed E-state index contributed by atoms with van der Waals surface area (Å²) in [4.78, 5) is 0. The molecule has 1 aromatic rings. The van der Waals surface area contributed by atoms with Crippen molar-refractivity contribution in [3.05, 3.63) is 53.8 Å². The lowest BCUT2D eigenvalue weighted by atomic mass is 9.95. The molecule has 1 heterocycles. The second-order valence-corrected chi connectivity index (χ2v) is 10.8. The number of rotatable bonds is 3. The van der Waals surface area contributed by atoms with Crippen molar-refractivity contribution in [3.63, 3.8) is 0 Å². The van der Waals surface area contributed by atoms with Crippen LogP contribution in [-0.2, 0) is 4.74 Å². The quantitative estimate of drug-likeness (QED) is 0.761. The van der Waals surface area contributed by atoms with Gasteiger partial charge in [-0.05, 0) is 24.8 Å². The fourth-order valence-corrected chi connectivity index (χ4v) is 4.44. The third-order valence-electron chi connectivity index (χ3n) is 4.08. The number of ether oxygens (including phenoxy) is 1. The maximum atomic E-state index is 5.78. The summed E-state index contributed by atoms with van der Waals surface area (Å²) in [7, 11) is -1.47. The van der Waals surface area contributed by atoms with E-state index in [1.165, 1.54) is 17.2 Å². The van der Waals surface area contributed by atoms with E-state index in [9.17, 15) is 0 Å². The van der Waals surface area contributed by atoms with Crippen molar-refractivity contribution in [2.24, 2.45) is 5.92 Å². The van der Waals surface area contributed by atoms with Crippen molar-refractivity contribution >= 4 is 13.3 Å². The molecule has 2 heteroatoms. The van der Waals surface area contributed by atoms with Gasteiger partial charge in [0.05, 0.1) is 12.7 Å². The fraction of sp³-hybridized carbons (Fsp3) is 0.444. The van der Waals surface area contributed by atoms with Gasteiger partial charge in [-0.15, -0.1) is 0 Å². The van der Waals surface area contributed by atoms with Crippen LogP contribution < -0.4 is 5.19 Å². The van der Waals surface area contributed by atoms with Crippen LogP contribution in [0.5, 0.6) is 0 Å². The van der Waals surface area contributed by atoms with Gasteiger partial charge in [-0.25, -0.2) is 0 Å². The Morgan fingerprint density at radius 1 is 1.15 bits per heavy atom. The molecule has 1 aromatic carbocycles. The number of hydrogen-bond acceptors (Lipinski definition) is 1. The second kappa shape index (κ2) is 6.55. The largest absolute Gasteiger partial charge is 0.374 e. The van der Waals surface area contributed by atoms with Crippen LogP contribution in [0, 0.1) is 5.92 Å². The topological polar surface area (TPSA) is 9.23 Å². The van der Waals surface area contributed by atoms with Crippen LogP contribution in [0.4, 0.5) is 0 Å². The maximum Gasteiger partial charge on any atom is 0.104 e. The molecule has 1 aliphatic heterocycles. The molecule has 108 valence electrons. The van der Waals surface area contributed by atoms with E-state index in [-0.39, 0.29) is 6.10 Å². The Balaban J connectivity index is 2.09. The van der Waals surface area contributed by atoms with E-state index >= 15 is 0 Å². The molecule has 0 aliphatic carbocycles. The Labute approximate surface area is 124 Å². The number of allylic oxidation sites excluding steroid dienone is 2. The lowest BCUT2D eigenvalue weighted by molar-refractivity contribution is 0.0366. The molecule has 0 radical (unpaired) electrons. The zero-order valence-electron chi connectivity index (χ0n) is 13.1. The molecular formula is C18H26OSi. The van der Waals surface area contributed by atoms with Gasteiger partial charge in [-0.2, -0.15) is 0 Å². The summed E-state index contributed by atoms with van der Waals surface area (Å²) in [6, 6.07) is 10.8. The predicted octanol–water partition coefficient (Wildman–Crippen LogP) is 4.07. The molecule has 0 spiro atoms. The molecule has 0 aromatic heterocycles. The predicted molar refractivity (Wildman–Crippen MR) is 90.0 cm³/mol. The Hall–Kier alpha value is -1.12. The third-order valence-corrected chi connectivity index (χ3v) is 6.93. The number of hydrogen-bond donors (Lipinski definition) is 0. The highest BCUT2D eigenvalue weighted by atomic mass is 28.3.